The second-order valence-corrected chi connectivity index (χ2v) is 4.54. The molecular weight excluding hydrogens is 210 g/mol. The number of hydrogen-bond acceptors (Lipinski definition) is 5. The van der Waals surface area contributed by atoms with E-state index >= 15 is 0 Å². The molecule has 86 valence electrons. The van der Waals surface area contributed by atoms with Crippen LogP contribution in [0.2, 0.25) is 0 Å². The molecule has 15 heavy (non-hydrogen) atoms. The Morgan fingerprint density at radius 1 is 1.47 bits per heavy atom. The maximum atomic E-state index is 5.37. The Morgan fingerprint density at radius 3 is 2.73 bits per heavy atom. The average Bonchev–Trinajstić information content (AvgIpc) is 2.64. The monoisotopic (exact) mass is 229 g/mol. The third kappa shape index (κ3) is 3.43. The molecule has 1 N–H and O–H groups in total. The van der Waals surface area contributed by atoms with Gasteiger partial charge >= 0.3 is 0 Å². The van der Waals surface area contributed by atoms with Crippen LogP contribution in [-0.2, 0) is 4.74 Å². The topological polar surface area (TPSA) is 47.0 Å². The fourth-order valence-electron chi connectivity index (χ4n) is 1.33. The molecule has 5 heteroatoms. The predicted molar refractivity (Wildman–Crippen MR) is 63.3 cm³/mol. The first kappa shape index (κ1) is 12.4. The second-order valence-electron chi connectivity index (χ2n) is 3.78. The molecule has 0 radical (unpaired) electrons. The number of hydrogen-bond donors (Lipinski definition) is 1. The summed E-state index contributed by atoms with van der Waals surface area (Å²) in [4.78, 5) is 4.41. The third-order valence-electron chi connectivity index (χ3n) is 2.08. The summed E-state index contributed by atoms with van der Waals surface area (Å²) in [5, 5.41) is 4.11. The van der Waals surface area contributed by atoms with Crippen LogP contribution in [0.1, 0.15) is 39.1 Å². The van der Waals surface area contributed by atoms with E-state index in [1.54, 1.807) is 7.11 Å². The van der Waals surface area contributed by atoms with Crippen molar-refractivity contribution >= 4 is 16.7 Å². The van der Waals surface area contributed by atoms with Gasteiger partial charge in [0.05, 0.1) is 0 Å². The molecule has 1 aromatic rings. The molecule has 0 fully saturated rings. The summed E-state index contributed by atoms with van der Waals surface area (Å²) < 4.78 is 9.67. The van der Waals surface area contributed by atoms with Gasteiger partial charge in [-0.2, -0.15) is 4.37 Å². The number of aromatic nitrogens is 2. The molecule has 4 nitrogen and oxygen atoms in total. The number of anilines is 1. The molecule has 1 rings (SSSR count). The summed E-state index contributed by atoms with van der Waals surface area (Å²) in [7, 11) is 1.70. The molecule has 0 amide bonds. The van der Waals surface area contributed by atoms with Gasteiger partial charge in [-0.25, -0.2) is 4.98 Å². The first-order valence-corrected chi connectivity index (χ1v) is 6.06. The van der Waals surface area contributed by atoms with Gasteiger partial charge in [-0.1, -0.05) is 20.8 Å². The SMILES string of the molecule is CCCNc1nc(C(OC)C(C)C)ns1. The molecule has 1 aromatic heterocycles. The van der Waals surface area contributed by atoms with Crippen molar-refractivity contribution in [1.82, 2.24) is 9.36 Å². The molecule has 0 saturated carbocycles. The predicted octanol–water partition coefficient (Wildman–Crippen LogP) is 2.70. The lowest BCUT2D eigenvalue weighted by Gasteiger charge is -2.14. The smallest absolute Gasteiger partial charge is 0.202 e. The Kier molecular flexibility index (Phi) is 4.98. The van der Waals surface area contributed by atoms with Gasteiger partial charge in [0.2, 0.25) is 5.13 Å². The van der Waals surface area contributed by atoms with E-state index in [9.17, 15) is 0 Å². The van der Waals surface area contributed by atoms with Crippen LogP contribution in [0.25, 0.3) is 0 Å². The van der Waals surface area contributed by atoms with Crippen LogP contribution in [0.3, 0.4) is 0 Å². The first-order chi connectivity index (χ1) is 7.19. The Morgan fingerprint density at radius 2 is 2.20 bits per heavy atom. The van der Waals surface area contributed by atoms with E-state index in [1.165, 1.54) is 11.5 Å². The number of ether oxygens (including phenoxy) is 1. The van der Waals surface area contributed by atoms with Crippen LogP contribution in [0.5, 0.6) is 0 Å². The zero-order valence-electron chi connectivity index (χ0n) is 9.78. The van der Waals surface area contributed by atoms with Crippen molar-refractivity contribution in [3.05, 3.63) is 5.82 Å². The summed E-state index contributed by atoms with van der Waals surface area (Å²) in [6, 6.07) is 0. The largest absolute Gasteiger partial charge is 0.373 e. The van der Waals surface area contributed by atoms with E-state index in [2.05, 4.69) is 35.4 Å². The van der Waals surface area contributed by atoms with E-state index in [0.29, 0.717) is 5.92 Å². The molecular formula is C10H19N3OS. The number of rotatable bonds is 6. The first-order valence-electron chi connectivity index (χ1n) is 5.29. The maximum Gasteiger partial charge on any atom is 0.202 e. The number of methoxy groups -OCH3 is 1. The highest BCUT2D eigenvalue weighted by Crippen LogP contribution is 2.25. The van der Waals surface area contributed by atoms with Gasteiger partial charge in [-0.05, 0) is 12.3 Å². The lowest BCUT2D eigenvalue weighted by molar-refractivity contribution is 0.0585. The molecule has 0 saturated heterocycles. The van der Waals surface area contributed by atoms with Gasteiger partial charge in [0.1, 0.15) is 6.10 Å². The maximum absolute atomic E-state index is 5.37. The molecule has 0 spiro atoms. The highest BCUT2D eigenvalue weighted by molar-refractivity contribution is 7.09. The molecule has 1 heterocycles. The molecule has 1 unspecified atom stereocenters. The van der Waals surface area contributed by atoms with Crippen molar-refractivity contribution in [2.75, 3.05) is 19.0 Å². The highest BCUT2D eigenvalue weighted by Gasteiger charge is 2.19. The average molecular weight is 229 g/mol. The lowest BCUT2D eigenvalue weighted by Crippen LogP contribution is -2.10. The zero-order valence-corrected chi connectivity index (χ0v) is 10.6. The zero-order chi connectivity index (χ0) is 11.3. The van der Waals surface area contributed by atoms with Crippen LogP contribution < -0.4 is 5.32 Å². The second kappa shape index (κ2) is 6.02. The Balaban J connectivity index is 2.65. The van der Waals surface area contributed by atoms with Gasteiger partial charge in [0, 0.05) is 25.2 Å². The molecule has 0 aromatic carbocycles. The quantitative estimate of drug-likeness (QED) is 0.814. The Labute approximate surface area is 95.2 Å². The van der Waals surface area contributed by atoms with E-state index < -0.39 is 0 Å². The standard InChI is InChI=1S/C10H19N3OS/c1-5-6-11-10-12-9(13-15-10)8(14-4)7(2)3/h7-8H,5-6H2,1-4H3,(H,11,12,13). The van der Waals surface area contributed by atoms with Crippen molar-refractivity contribution in [1.29, 1.82) is 0 Å². The number of nitrogens with zero attached hydrogens (tertiary/aromatic N) is 2. The lowest BCUT2D eigenvalue weighted by atomic mass is 10.1. The summed E-state index contributed by atoms with van der Waals surface area (Å²) >= 11 is 1.40. The molecule has 0 aliphatic heterocycles. The van der Waals surface area contributed by atoms with Crippen LogP contribution in [-0.4, -0.2) is 23.0 Å². The molecule has 0 aliphatic rings. The van der Waals surface area contributed by atoms with Crippen molar-refractivity contribution < 1.29 is 4.74 Å². The molecule has 1 atom stereocenters. The van der Waals surface area contributed by atoms with E-state index in [4.69, 9.17) is 4.74 Å². The van der Waals surface area contributed by atoms with Crippen LogP contribution in [0.15, 0.2) is 0 Å². The fourth-order valence-corrected chi connectivity index (χ4v) is 1.96. The van der Waals surface area contributed by atoms with Gasteiger partial charge in [0.15, 0.2) is 5.82 Å². The van der Waals surface area contributed by atoms with E-state index in [1.807, 2.05) is 0 Å². The number of nitrogens with one attached hydrogen (secondary N) is 1. The van der Waals surface area contributed by atoms with Crippen molar-refractivity contribution in [3.63, 3.8) is 0 Å². The van der Waals surface area contributed by atoms with E-state index in [-0.39, 0.29) is 6.10 Å². The summed E-state index contributed by atoms with van der Waals surface area (Å²) in [6.45, 7) is 7.28. The third-order valence-corrected chi connectivity index (χ3v) is 2.77. The van der Waals surface area contributed by atoms with Gasteiger partial charge in [-0.15, -0.1) is 0 Å². The fraction of sp³-hybridized carbons (Fsp3) is 0.800. The molecule has 0 aliphatic carbocycles. The van der Waals surface area contributed by atoms with Crippen molar-refractivity contribution in [2.24, 2.45) is 5.92 Å². The highest BCUT2D eigenvalue weighted by atomic mass is 32.1. The Hall–Kier alpha value is -0.680. The minimum Gasteiger partial charge on any atom is -0.373 e. The van der Waals surface area contributed by atoms with Crippen LogP contribution in [0, 0.1) is 5.92 Å². The van der Waals surface area contributed by atoms with Crippen molar-refractivity contribution in [3.8, 4) is 0 Å². The minimum atomic E-state index is -0.00146. The summed E-state index contributed by atoms with van der Waals surface area (Å²) in [5.41, 5.74) is 0. The Bertz CT molecular complexity index is 288. The summed E-state index contributed by atoms with van der Waals surface area (Å²) in [5.74, 6) is 1.18. The minimum absolute atomic E-state index is 0.00146. The normalized spacial score (nSPS) is 13.1. The van der Waals surface area contributed by atoms with Gasteiger partial charge < -0.3 is 10.1 Å². The van der Waals surface area contributed by atoms with Crippen molar-refractivity contribution in [2.45, 2.75) is 33.3 Å². The van der Waals surface area contributed by atoms with Crippen LogP contribution >= 0.6 is 11.5 Å². The molecule has 0 bridgehead atoms. The summed E-state index contributed by atoms with van der Waals surface area (Å²) in [6.07, 6.45) is 1.09. The van der Waals surface area contributed by atoms with Gasteiger partial charge in [0.25, 0.3) is 0 Å². The van der Waals surface area contributed by atoms with Crippen LogP contribution in [0.4, 0.5) is 5.13 Å². The van der Waals surface area contributed by atoms with E-state index in [0.717, 1.165) is 23.9 Å². The van der Waals surface area contributed by atoms with Gasteiger partial charge in [-0.3, -0.25) is 0 Å².